The van der Waals surface area contributed by atoms with E-state index in [0.717, 1.165) is 18.2 Å². The average Bonchev–Trinajstić information content (AvgIpc) is 2.04. The highest BCUT2D eigenvalue weighted by molar-refractivity contribution is 5.19. The summed E-state index contributed by atoms with van der Waals surface area (Å²) in [6.07, 6.45) is 2.35. The zero-order valence-electron chi connectivity index (χ0n) is 6.41. The van der Waals surface area contributed by atoms with Gasteiger partial charge in [-0.2, -0.15) is 0 Å². The molecule has 0 fully saturated rings. The van der Waals surface area contributed by atoms with Gasteiger partial charge < -0.3 is 5.11 Å². The number of aliphatic hydroxyl groups excluding tert-OH is 1. The summed E-state index contributed by atoms with van der Waals surface area (Å²) in [4.78, 5) is 18.9. The Morgan fingerprint density at radius 1 is 1.38 bits per heavy atom. The van der Waals surface area contributed by atoms with E-state index >= 15 is 0 Å². The van der Waals surface area contributed by atoms with Gasteiger partial charge in [-0.15, -0.1) is 0 Å². The quantitative estimate of drug-likeness (QED) is 0.386. The molecule has 0 aromatic heterocycles. The maximum atomic E-state index is 10.4. The summed E-state index contributed by atoms with van der Waals surface area (Å²) >= 11 is 0. The molecule has 1 aliphatic rings. The van der Waals surface area contributed by atoms with E-state index in [-0.39, 0.29) is 5.76 Å². The minimum absolute atomic E-state index is 0.195. The maximum Gasteiger partial charge on any atom is 0.481 e. The molecule has 7 nitrogen and oxygen atoms in total. The Labute approximate surface area is 72.3 Å². The molecule has 7 heteroatoms. The van der Waals surface area contributed by atoms with E-state index < -0.39 is 21.9 Å². The van der Waals surface area contributed by atoms with Gasteiger partial charge in [0.05, 0.1) is 6.08 Å². The molecule has 0 bridgehead atoms. The van der Waals surface area contributed by atoms with Crippen LogP contribution in [0.15, 0.2) is 24.0 Å². The Hall–Kier alpha value is -1.92. The Morgan fingerprint density at radius 3 is 2.23 bits per heavy atom. The van der Waals surface area contributed by atoms with Crippen molar-refractivity contribution in [3.05, 3.63) is 44.2 Å². The predicted octanol–water partition coefficient (Wildman–Crippen LogP) is 0.638. The highest BCUT2D eigenvalue weighted by atomic mass is 16.7. The fraction of sp³-hybridized carbons (Fsp3) is 0.333. The molecule has 0 unspecified atom stereocenters. The Bertz CT molecular complexity index is 305. The maximum absolute atomic E-state index is 10.4. The van der Waals surface area contributed by atoms with Crippen LogP contribution in [0.1, 0.15) is 6.42 Å². The van der Waals surface area contributed by atoms with Crippen LogP contribution in [0.5, 0.6) is 0 Å². The van der Waals surface area contributed by atoms with Crippen LogP contribution in [-0.4, -0.2) is 20.6 Å². The smallest absolute Gasteiger partial charge is 0.481 e. The van der Waals surface area contributed by atoms with E-state index in [4.69, 9.17) is 5.11 Å². The molecule has 0 radical (unpaired) electrons. The lowest BCUT2D eigenvalue weighted by atomic mass is 10.0. The first-order valence-corrected chi connectivity index (χ1v) is 3.36. The molecule has 0 saturated carbocycles. The molecule has 0 atom stereocenters. The molecular formula is C6H6N2O5. The van der Waals surface area contributed by atoms with Crippen molar-refractivity contribution in [2.24, 2.45) is 0 Å². The molecule has 1 aliphatic carbocycles. The van der Waals surface area contributed by atoms with Gasteiger partial charge in [0, 0.05) is 0 Å². The van der Waals surface area contributed by atoms with Crippen molar-refractivity contribution in [1.29, 1.82) is 0 Å². The van der Waals surface area contributed by atoms with Crippen LogP contribution in [0.25, 0.3) is 0 Å². The summed E-state index contributed by atoms with van der Waals surface area (Å²) in [5, 5.41) is 29.7. The second-order valence-corrected chi connectivity index (χ2v) is 2.56. The van der Waals surface area contributed by atoms with Gasteiger partial charge in [-0.05, 0) is 12.2 Å². The summed E-state index contributed by atoms with van der Waals surface area (Å²) in [7, 11) is 0. The van der Waals surface area contributed by atoms with Gasteiger partial charge >= 0.3 is 5.66 Å². The SMILES string of the molecule is O=[N+]([O-])C1([N+](=O)[O-])C=CC(O)=CC1. The normalized spacial score (nSPS) is 19.2. The van der Waals surface area contributed by atoms with Crippen molar-refractivity contribution in [2.45, 2.75) is 12.1 Å². The van der Waals surface area contributed by atoms with E-state index in [9.17, 15) is 20.2 Å². The molecule has 0 spiro atoms. The van der Waals surface area contributed by atoms with Crippen LogP contribution >= 0.6 is 0 Å². The predicted molar refractivity (Wildman–Crippen MR) is 41.2 cm³/mol. The summed E-state index contributed by atoms with van der Waals surface area (Å²) in [5.41, 5.74) is -2.31. The highest BCUT2D eigenvalue weighted by Crippen LogP contribution is 2.23. The van der Waals surface area contributed by atoms with Crippen LogP contribution in [0.4, 0.5) is 0 Å². The van der Waals surface area contributed by atoms with Gasteiger partial charge in [0.15, 0.2) is 0 Å². The third-order valence-corrected chi connectivity index (χ3v) is 1.76. The van der Waals surface area contributed by atoms with Gasteiger partial charge in [-0.25, -0.2) is 0 Å². The van der Waals surface area contributed by atoms with Crippen LogP contribution in [0.3, 0.4) is 0 Å². The van der Waals surface area contributed by atoms with Gasteiger partial charge in [-0.1, -0.05) is 0 Å². The zero-order chi connectivity index (χ0) is 10.1. The zero-order valence-corrected chi connectivity index (χ0v) is 6.41. The van der Waals surface area contributed by atoms with Crippen LogP contribution in [0.2, 0.25) is 0 Å². The largest absolute Gasteiger partial charge is 0.508 e. The lowest BCUT2D eigenvalue weighted by molar-refractivity contribution is -0.780. The Balaban J connectivity index is 3.05. The molecule has 70 valence electrons. The number of nitro groups is 2. The minimum atomic E-state index is -2.31. The number of hydrogen-bond donors (Lipinski definition) is 1. The second-order valence-electron chi connectivity index (χ2n) is 2.56. The number of allylic oxidation sites excluding steroid dienone is 1. The van der Waals surface area contributed by atoms with Crippen LogP contribution in [-0.2, 0) is 0 Å². The average molecular weight is 186 g/mol. The molecule has 0 aromatic rings. The first-order chi connectivity index (χ1) is 5.99. The van der Waals surface area contributed by atoms with Crippen molar-refractivity contribution in [3.63, 3.8) is 0 Å². The Kier molecular flexibility index (Phi) is 2.01. The van der Waals surface area contributed by atoms with Gasteiger partial charge in [0.25, 0.3) is 0 Å². The van der Waals surface area contributed by atoms with E-state index in [2.05, 4.69) is 0 Å². The van der Waals surface area contributed by atoms with E-state index in [1.165, 1.54) is 0 Å². The van der Waals surface area contributed by atoms with Crippen molar-refractivity contribution < 1.29 is 15.0 Å². The van der Waals surface area contributed by atoms with Crippen molar-refractivity contribution in [3.8, 4) is 0 Å². The Morgan fingerprint density at radius 2 is 1.92 bits per heavy atom. The number of hydrogen-bond acceptors (Lipinski definition) is 5. The minimum Gasteiger partial charge on any atom is -0.508 e. The standard InChI is InChI=1S/C6H6N2O5/c9-5-1-3-6(4-2-5,7(10)11)8(12)13/h1-3,9H,4H2. The molecule has 0 heterocycles. The third kappa shape index (κ3) is 1.35. The van der Waals surface area contributed by atoms with E-state index in [0.29, 0.717) is 0 Å². The number of rotatable bonds is 2. The van der Waals surface area contributed by atoms with Crippen molar-refractivity contribution >= 4 is 0 Å². The summed E-state index contributed by atoms with van der Waals surface area (Å²) < 4.78 is 0. The molecule has 0 aliphatic heterocycles. The molecular weight excluding hydrogens is 180 g/mol. The molecule has 0 aromatic carbocycles. The number of aliphatic hydroxyl groups is 1. The lowest BCUT2D eigenvalue weighted by Crippen LogP contribution is -2.44. The van der Waals surface area contributed by atoms with Gasteiger partial charge in [-0.3, -0.25) is 20.2 Å². The topological polar surface area (TPSA) is 107 Å². The first kappa shape index (κ1) is 9.17. The third-order valence-electron chi connectivity index (χ3n) is 1.76. The van der Waals surface area contributed by atoms with E-state index in [1.807, 2.05) is 0 Å². The van der Waals surface area contributed by atoms with Crippen LogP contribution < -0.4 is 0 Å². The summed E-state index contributed by atoms with van der Waals surface area (Å²) in [6.45, 7) is 0. The molecule has 1 N–H and O–H groups in total. The second kappa shape index (κ2) is 2.85. The molecule has 13 heavy (non-hydrogen) atoms. The van der Waals surface area contributed by atoms with E-state index in [1.54, 1.807) is 0 Å². The molecule has 0 saturated heterocycles. The fourth-order valence-electron chi connectivity index (χ4n) is 0.947. The monoisotopic (exact) mass is 186 g/mol. The van der Waals surface area contributed by atoms with Crippen molar-refractivity contribution in [2.75, 3.05) is 0 Å². The lowest BCUT2D eigenvalue weighted by Gasteiger charge is -2.13. The number of nitrogens with zero attached hydrogens (tertiary/aromatic N) is 2. The molecule has 0 amide bonds. The summed E-state index contributed by atoms with van der Waals surface area (Å²) in [5.74, 6) is -0.195. The van der Waals surface area contributed by atoms with Crippen molar-refractivity contribution in [1.82, 2.24) is 0 Å². The van der Waals surface area contributed by atoms with Gasteiger partial charge in [0.2, 0.25) is 0 Å². The summed E-state index contributed by atoms with van der Waals surface area (Å²) in [6, 6.07) is 0. The first-order valence-electron chi connectivity index (χ1n) is 3.36. The highest BCUT2D eigenvalue weighted by Gasteiger charge is 2.53. The van der Waals surface area contributed by atoms with Gasteiger partial charge in [0.1, 0.15) is 22.0 Å². The van der Waals surface area contributed by atoms with Crippen LogP contribution in [0, 0.1) is 20.2 Å². The fourth-order valence-corrected chi connectivity index (χ4v) is 0.947. The molecule has 1 rings (SSSR count).